The Kier molecular flexibility index (Phi) is 3.86. The van der Waals surface area contributed by atoms with E-state index in [9.17, 15) is 9.59 Å². The first kappa shape index (κ1) is 15.0. The van der Waals surface area contributed by atoms with Crippen molar-refractivity contribution in [2.75, 3.05) is 13.1 Å². The van der Waals surface area contributed by atoms with Crippen LogP contribution in [0.2, 0.25) is 0 Å². The van der Waals surface area contributed by atoms with Crippen LogP contribution in [0.1, 0.15) is 43.2 Å². The first-order valence-electron chi connectivity index (χ1n) is 6.68. The van der Waals surface area contributed by atoms with Crippen LogP contribution in [0.5, 0.6) is 0 Å². The van der Waals surface area contributed by atoms with Crippen molar-refractivity contribution in [1.29, 1.82) is 0 Å². The van der Waals surface area contributed by atoms with Crippen molar-refractivity contribution >= 4 is 23.2 Å². The Morgan fingerprint density at radius 3 is 2.50 bits per heavy atom. The van der Waals surface area contributed by atoms with E-state index < -0.39 is 11.9 Å². The highest BCUT2D eigenvalue weighted by molar-refractivity contribution is 7.10. The minimum atomic E-state index is -0.832. The molecule has 2 atom stereocenters. The summed E-state index contributed by atoms with van der Waals surface area (Å²) < 4.78 is 0. The fourth-order valence-corrected chi connectivity index (χ4v) is 3.21. The molecule has 5 nitrogen and oxygen atoms in total. The van der Waals surface area contributed by atoms with E-state index in [-0.39, 0.29) is 23.8 Å². The topological polar surface area (TPSA) is 70.5 Å². The summed E-state index contributed by atoms with van der Waals surface area (Å²) in [6, 6.07) is 0. The summed E-state index contributed by atoms with van der Waals surface area (Å²) in [5.41, 5.74) is 0.351. The Labute approximate surface area is 122 Å². The monoisotopic (exact) mass is 296 g/mol. The maximum Gasteiger partial charge on any atom is 0.308 e. The van der Waals surface area contributed by atoms with Crippen molar-refractivity contribution in [2.24, 2.45) is 11.8 Å². The quantitative estimate of drug-likeness (QED) is 0.908. The van der Waals surface area contributed by atoms with Gasteiger partial charge in [0.2, 0.25) is 0 Å². The summed E-state index contributed by atoms with van der Waals surface area (Å²) in [7, 11) is 0. The van der Waals surface area contributed by atoms with E-state index in [1.165, 1.54) is 11.3 Å². The molecule has 2 heterocycles. The molecule has 1 fully saturated rings. The second kappa shape index (κ2) is 5.16. The molecule has 1 saturated heterocycles. The molecule has 1 aromatic heterocycles. The molecule has 0 radical (unpaired) electrons. The molecule has 1 aliphatic rings. The molecule has 6 heteroatoms. The molecule has 2 rings (SSSR count). The number of likely N-dealkylation sites (tertiary alicyclic amines) is 1. The Morgan fingerprint density at radius 2 is 2.05 bits per heavy atom. The minimum Gasteiger partial charge on any atom is -0.481 e. The average Bonchev–Trinajstić information content (AvgIpc) is 2.93. The van der Waals surface area contributed by atoms with Crippen LogP contribution in [0.15, 0.2) is 5.38 Å². The maximum atomic E-state index is 12.4. The molecule has 0 saturated carbocycles. The van der Waals surface area contributed by atoms with Gasteiger partial charge >= 0.3 is 5.97 Å². The van der Waals surface area contributed by atoms with E-state index in [4.69, 9.17) is 5.11 Å². The Bertz CT molecular complexity index is 533. The van der Waals surface area contributed by atoms with Gasteiger partial charge in [-0.2, -0.15) is 0 Å². The predicted molar refractivity (Wildman–Crippen MR) is 77.0 cm³/mol. The molecule has 0 unspecified atom stereocenters. The van der Waals surface area contributed by atoms with Crippen LogP contribution in [-0.4, -0.2) is 40.0 Å². The SMILES string of the molecule is C[C@@H]1CN(C(=O)c2csc(C(C)(C)C)n2)C[C@H]1C(=O)O. The molecule has 0 spiro atoms. The van der Waals surface area contributed by atoms with Crippen LogP contribution in [0, 0.1) is 11.8 Å². The van der Waals surface area contributed by atoms with Crippen molar-refractivity contribution in [3.63, 3.8) is 0 Å². The highest BCUT2D eigenvalue weighted by atomic mass is 32.1. The Morgan fingerprint density at radius 1 is 1.40 bits per heavy atom. The van der Waals surface area contributed by atoms with Gasteiger partial charge in [-0.05, 0) is 5.92 Å². The molecule has 0 aromatic carbocycles. The van der Waals surface area contributed by atoms with Gasteiger partial charge in [-0.15, -0.1) is 11.3 Å². The molecular formula is C14H20N2O3S. The van der Waals surface area contributed by atoms with Crippen LogP contribution >= 0.6 is 11.3 Å². The third kappa shape index (κ3) is 2.85. The second-order valence-corrected chi connectivity index (χ2v) is 7.28. The summed E-state index contributed by atoms with van der Waals surface area (Å²) in [5, 5.41) is 11.8. The van der Waals surface area contributed by atoms with Gasteiger partial charge in [-0.1, -0.05) is 27.7 Å². The number of hydrogen-bond acceptors (Lipinski definition) is 4. The number of aliphatic carboxylic acids is 1. The van der Waals surface area contributed by atoms with Crippen molar-refractivity contribution in [2.45, 2.75) is 33.1 Å². The van der Waals surface area contributed by atoms with Gasteiger partial charge in [0, 0.05) is 23.9 Å². The summed E-state index contributed by atoms with van der Waals surface area (Å²) >= 11 is 1.48. The lowest BCUT2D eigenvalue weighted by atomic mass is 9.98. The number of thiazole rings is 1. The molecule has 1 N–H and O–H groups in total. The fourth-order valence-electron chi connectivity index (χ4n) is 2.33. The number of amides is 1. The van der Waals surface area contributed by atoms with E-state index in [2.05, 4.69) is 25.8 Å². The van der Waals surface area contributed by atoms with Crippen LogP contribution in [-0.2, 0) is 10.2 Å². The lowest BCUT2D eigenvalue weighted by Crippen LogP contribution is -2.30. The van der Waals surface area contributed by atoms with Crippen molar-refractivity contribution in [3.8, 4) is 0 Å². The molecule has 1 aromatic rings. The first-order valence-corrected chi connectivity index (χ1v) is 7.56. The van der Waals surface area contributed by atoms with Crippen molar-refractivity contribution in [1.82, 2.24) is 9.88 Å². The number of rotatable bonds is 2. The highest BCUT2D eigenvalue weighted by Crippen LogP contribution is 2.28. The molecule has 1 aliphatic heterocycles. The number of carbonyl (C=O) groups is 2. The van der Waals surface area contributed by atoms with Gasteiger partial charge in [0.25, 0.3) is 5.91 Å². The number of carboxylic acids is 1. The highest BCUT2D eigenvalue weighted by Gasteiger charge is 2.37. The normalized spacial score (nSPS) is 23.1. The van der Waals surface area contributed by atoms with E-state index in [0.29, 0.717) is 12.2 Å². The molecule has 0 bridgehead atoms. The lowest BCUT2D eigenvalue weighted by Gasteiger charge is -2.15. The van der Waals surface area contributed by atoms with Crippen LogP contribution in [0.4, 0.5) is 0 Å². The second-order valence-electron chi connectivity index (χ2n) is 6.42. The predicted octanol–water partition coefficient (Wildman–Crippen LogP) is 2.23. The summed E-state index contributed by atoms with van der Waals surface area (Å²) in [6.07, 6.45) is 0. The molecule has 20 heavy (non-hydrogen) atoms. The van der Waals surface area contributed by atoms with E-state index in [1.807, 2.05) is 6.92 Å². The molecule has 110 valence electrons. The number of hydrogen-bond donors (Lipinski definition) is 1. The van der Waals surface area contributed by atoms with Crippen LogP contribution in [0.3, 0.4) is 0 Å². The first-order chi connectivity index (χ1) is 9.20. The number of carboxylic acid groups (broad SMARTS) is 1. The van der Waals surface area contributed by atoms with E-state index >= 15 is 0 Å². The standard InChI is InChI=1S/C14H20N2O3S/c1-8-5-16(6-9(8)12(18)19)11(17)10-7-20-13(15-10)14(2,3)4/h7-9H,5-6H2,1-4H3,(H,18,19)/t8-,9-/m1/s1. The van der Waals surface area contributed by atoms with Gasteiger partial charge in [-0.3, -0.25) is 9.59 Å². The summed E-state index contributed by atoms with van der Waals surface area (Å²) in [4.78, 5) is 29.5. The van der Waals surface area contributed by atoms with Crippen molar-refractivity contribution < 1.29 is 14.7 Å². The van der Waals surface area contributed by atoms with Crippen LogP contribution < -0.4 is 0 Å². The molecular weight excluding hydrogens is 276 g/mol. The van der Waals surface area contributed by atoms with Gasteiger partial charge in [0.05, 0.1) is 10.9 Å². The van der Waals surface area contributed by atoms with Gasteiger partial charge in [0.15, 0.2) is 0 Å². The third-order valence-corrected chi connectivity index (χ3v) is 4.85. The Balaban J connectivity index is 2.13. The number of carbonyl (C=O) groups excluding carboxylic acids is 1. The minimum absolute atomic E-state index is 0.0165. The summed E-state index contributed by atoms with van der Waals surface area (Å²) in [6.45, 7) is 8.79. The van der Waals surface area contributed by atoms with E-state index in [1.54, 1.807) is 10.3 Å². The zero-order valence-corrected chi connectivity index (χ0v) is 13.0. The molecule has 1 amide bonds. The average molecular weight is 296 g/mol. The van der Waals surface area contributed by atoms with Gasteiger partial charge < -0.3 is 10.0 Å². The fraction of sp³-hybridized carbons (Fsp3) is 0.643. The van der Waals surface area contributed by atoms with Gasteiger partial charge in [0.1, 0.15) is 5.69 Å². The number of nitrogens with zero attached hydrogens (tertiary/aromatic N) is 2. The smallest absolute Gasteiger partial charge is 0.308 e. The van der Waals surface area contributed by atoms with E-state index in [0.717, 1.165) is 5.01 Å². The zero-order chi connectivity index (χ0) is 15.1. The lowest BCUT2D eigenvalue weighted by molar-refractivity contribution is -0.142. The van der Waals surface area contributed by atoms with Gasteiger partial charge in [-0.25, -0.2) is 4.98 Å². The number of aromatic nitrogens is 1. The maximum absolute atomic E-state index is 12.4. The van der Waals surface area contributed by atoms with Crippen molar-refractivity contribution in [3.05, 3.63) is 16.1 Å². The summed E-state index contributed by atoms with van der Waals surface area (Å²) in [5.74, 6) is -1.48. The molecule has 0 aliphatic carbocycles. The zero-order valence-electron chi connectivity index (χ0n) is 12.2. The third-order valence-electron chi connectivity index (χ3n) is 3.58. The Hall–Kier alpha value is -1.43. The van der Waals surface area contributed by atoms with Crippen LogP contribution in [0.25, 0.3) is 0 Å². The largest absolute Gasteiger partial charge is 0.481 e.